The van der Waals surface area contributed by atoms with Crippen LogP contribution in [0.15, 0.2) is 54.6 Å². The van der Waals surface area contributed by atoms with Crippen molar-refractivity contribution in [3.63, 3.8) is 0 Å². The number of carbonyl (C=O) groups is 1. The Kier molecular flexibility index (Phi) is 4.48. The molecule has 0 bridgehead atoms. The van der Waals surface area contributed by atoms with Gasteiger partial charge in [-0.05, 0) is 23.8 Å². The summed E-state index contributed by atoms with van der Waals surface area (Å²) in [5, 5.41) is 18.4. The third kappa shape index (κ3) is 3.38. The number of rotatable bonds is 5. The number of hydrogen-bond donors (Lipinski definition) is 1. The number of carboxylic acid groups (broad SMARTS) is 1. The van der Waals surface area contributed by atoms with Gasteiger partial charge in [0.05, 0.1) is 5.69 Å². The molecule has 122 valence electrons. The number of carboxylic acids is 1. The number of benzene rings is 2. The molecule has 0 saturated carbocycles. The minimum atomic E-state index is -1.13. The second-order valence-corrected chi connectivity index (χ2v) is 5.72. The van der Waals surface area contributed by atoms with Gasteiger partial charge in [-0.1, -0.05) is 48.0 Å². The number of halogens is 1. The monoisotopic (exact) mass is 342 g/mol. The molecule has 7 heteroatoms. The zero-order valence-corrected chi connectivity index (χ0v) is 13.7. The summed E-state index contributed by atoms with van der Waals surface area (Å²) in [5.41, 5.74) is 1.55. The van der Waals surface area contributed by atoms with E-state index in [0.29, 0.717) is 23.1 Å². The van der Waals surface area contributed by atoms with E-state index in [-0.39, 0.29) is 5.69 Å². The first kappa shape index (κ1) is 16.0. The van der Waals surface area contributed by atoms with E-state index in [2.05, 4.69) is 10.2 Å². The molecule has 3 rings (SSSR count). The summed E-state index contributed by atoms with van der Waals surface area (Å²) >= 11 is 5.98. The van der Waals surface area contributed by atoms with Crippen molar-refractivity contribution < 1.29 is 9.90 Å². The maximum atomic E-state index is 11.5. The van der Waals surface area contributed by atoms with E-state index in [0.717, 1.165) is 5.56 Å². The Hall–Kier alpha value is -2.86. The average Bonchev–Trinajstić information content (AvgIpc) is 3.01. The first-order chi connectivity index (χ1) is 11.5. The van der Waals surface area contributed by atoms with Crippen molar-refractivity contribution in [2.24, 2.45) is 0 Å². The fraction of sp³-hybridized carbons (Fsp3) is 0.118. The van der Waals surface area contributed by atoms with Crippen molar-refractivity contribution in [1.82, 2.24) is 15.0 Å². The van der Waals surface area contributed by atoms with Gasteiger partial charge in [-0.3, -0.25) is 0 Å². The van der Waals surface area contributed by atoms with Crippen LogP contribution in [0.3, 0.4) is 0 Å². The SMILES string of the molecule is CN(Cc1ccccc1)c1nn(-c2cccc(Cl)c2)nc1C(=O)O. The molecule has 1 heterocycles. The van der Waals surface area contributed by atoms with Gasteiger partial charge in [0.25, 0.3) is 0 Å². The largest absolute Gasteiger partial charge is 0.476 e. The molecule has 0 unspecified atom stereocenters. The zero-order valence-electron chi connectivity index (χ0n) is 12.9. The number of nitrogens with zero attached hydrogens (tertiary/aromatic N) is 4. The van der Waals surface area contributed by atoms with Crippen LogP contribution >= 0.6 is 11.6 Å². The van der Waals surface area contributed by atoms with Crippen LogP contribution in [0.1, 0.15) is 16.1 Å². The van der Waals surface area contributed by atoms with Crippen LogP contribution in [-0.2, 0) is 6.54 Å². The number of aromatic carboxylic acids is 1. The summed E-state index contributed by atoms with van der Waals surface area (Å²) in [6, 6.07) is 16.7. The van der Waals surface area contributed by atoms with E-state index in [1.54, 1.807) is 36.2 Å². The van der Waals surface area contributed by atoms with Crippen molar-refractivity contribution in [3.8, 4) is 5.69 Å². The lowest BCUT2D eigenvalue weighted by molar-refractivity contribution is 0.0690. The first-order valence-electron chi connectivity index (χ1n) is 7.26. The molecule has 0 spiro atoms. The van der Waals surface area contributed by atoms with Crippen LogP contribution in [0.4, 0.5) is 5.82 Å². The Bertz CT molecular complexity index is 864. The van der Waals surface area contributed by atoms with E-state index >= 15 is 0 Å². The molecular formula is C17H15ClN4O2. The molecule has 24 heavy (non-hydrogen) atoms. The minimum Gasteiger partial charge on any atom is -0.476 e. The van der Waals surface area contributed by atoms with Crippen molar-refractivity contribution in [3.05, 3.63) is 70.9 Å². The molecule has 1 aromatic heterocycles. The molecule has 0 aliphatic carbocycles. The van der Waals surface area contributed by atoms with Crippen LogP contribution in [0, 0.1) is 0 Å². The van der Waals surface area contributed by atoms with Gasteiger partial charge in [-0.2, -0.15) is 0 Å². The van der Waals surface area contributed by atoms with E-state index in [1.165, 1.54) is 4.80 Å². The quantitative estimate of drug-likeness (QED) is 0.770. The minimum absolute atomic E-state index is 0.103. The number of aromatic nitrogens is 3. The van der Waals surface area contributed by atoms with Crippen LogP contribution < -0.4 is 4.90 Å². The van der Waals surface area contributed by atoms with Gasteiger partial charge in [0.15, 0.2) is 5.82 Å². The fourth-order valence-electron chi connectivity index (χ4n) is 2.34. The summed E-state index contributed by atoms with van der Waals surface area (Å²) in [4.78, 5) is 14.6. The molecule has 0 aliphatic heterocycles. The van der Waals surface area contributed by atoms with Gasteiger partial charge >= 0.3 is 5.97 Å². The Morgan fingerprint density at radius 2 is 1.92 bits per heavy atom. The van der Waals surface area contributed by atoms with Crippen LogP contribution in [0.5, 0.6) is 0 Å². The number of hydrogen-bond acceptors (Lipinski definition) is 4. The molecule has 0 amide bonds. The second-order valence-electron chi connectivity index (χ2n) is 5.29. The second kappa shape index (κ2) is 6.72. The standard InChI is InChI=1S/C17H15ClN4O2/c1-21(11-12-6-3-2-4-7-12)16-15(17(23)24)19-22(20-16)14-9-5-8-13(18)10-14/h2-10H,11H2,1H3,(H,23,24). The van der Waals surface area contributed by atoms with E-state index in [4.69, 9.17) is 11.6 Å². The Balaban J connectivity index is 1.96. The van der Waals surface area contributed by atoms with Crippen molar-refractivity contribution in [2.45, 2.75) is 6.54 Å². The predicted molar refractivity (Wildman–Crippen MR) is 91.9 cm³/mol. The molecule has 6 nitrogen and oxygen atoms in total. The summed E-state index contributed by atoms with van der Waals surface area (Å²) in [6.07, 6.45) is 0. The highest BCUT2D eigenvalue weighted by atomic mass is 35.5. The van der Waals surface area contributed by atoms with Crippen LogP contribution in [0.25, 0.3) is 5.69 Å². The molecule has 3 aromatic rings. The third-order valence-electron chi connectivity index (χ3n) is 3.46. The summed E-state index contributed by atoms with van der Waals surface area (Å²) in [7, 11) is 1.78. The topological polar surface area (TPSA) is 71.2 Å². The normalized spacial score (nSPS) is 10.6. The van der Waals surface area contributed by atoms with E-state index in [1.807, 2.05) is 30.3 Å². The molecule has 1 N–H and O–H groups in total. The fourth-order valence-corrected chi connectivity index (χ4v) is 2.53. The van der Waals surface area contributed by atoms with Gasteiger partial charge in [-0.15, -0.1) is 15.0 Å². The van der Waals surface area contributed by atoms with E-state index < -0.39 is 5.97 Å². The third-order valence-corrected chi connectivity index (χ3v) is 3.70. The van der Waals surface area contributed by atoms with Gasteiger partial charge in [0.2, 0.25) is 5.69 Å². The Labute approximate surface area is 143 Å². The highest BCUT2D eigenvalue weighted by Crippen LogP contribution is 2.20. The maximum Gasteiger partial charge on any atom is 0.360 e. The summed E-state index contributed by atoms with van der Waals surface area (Å²) in [6.45, 7) is 0.523. The molecular weight excluding hydrogens is 328 g/mol. The lowest BCUT2D eigenvalue weighted by atomic mass is 10.2. The highest BCUT2D eigenvalue weighted by molar-refractivity contribution is 6.30. The molecule has 0 atom stereocenters. The summed E-state index contributed by atoms with van der Waals surface area (Å²) in [5.74, 6) is -0.829. The zero-order chi connectivity index (χ0) is 17.1. The molecule has 0 saturated heterocycles. The first-order valence-corrected chi connectivity index (χ1v) is 7.64. The average molecular weight is 343 g/mol. The Morgan fingerprint density at radius 3 is 2.58 bits per heavy atom. The molecule has 0 fully saturated rings. The van der Waals surface area contributed by atoms with Gasteiger partial charge in [0.1, 0.15) is 0 Å². The lowest BCUT2D eigenvalue weighted by Crippen LogP contribution is -2.19. The predicted octanol–water partition coefficient (Wildman–Crippen LogP) is 3.26. The number of anilines is 1. The van der Waals surface area contributed by atoms with Crippen LogP contribution in [0.2, 0.25) is 5.02 Å². The molecule has 0 radical (unpaired) electrons. The summed E-state index contributed by atoms with van der Waals surface area (Å²) < 4.78 is 0. The van der Waals surface area contributed by atoms with Gasteiger partial charge in [-0.25, -0.2) is 4.79 Å². The van der Waals surface area contributed by atoms with Crippen molar-refractivity contribution in [1.29, 1.82) is 0 Å². The van der Waals surface area contributed by atoms with Gasteiger partial charge < -0.3 is 10.0 Å². The van der Waals surface area contributed by atoms with E-state index in [9.17, 15) is 9.90 Å². The van der Waals surface area contributed by atoms with Gasteiger partial charge in [0, 0.05) is 18.6 Å². The maximum absolute atomic E-state index is 11.5. The molecule has 0 aliphatic rings. The molecule has 2 aromatic carbocycles. The Morgan fingerprint density at radius 1 is 1.17 bits per heavy atom. The van der Waals surface area contributed by atoms with Crippen LogP contribution in [-0.4, -0.2) is 33.1 Å². The lowest BCUT2D eigenvalue weighted by Gasteiger charge is -2.16. The highest BCUT2D eigenvalue weighted by Gasteiger charge is 2.21. The van der Waals surface area contributed by atoms with Crippen molar-refractivity contribution in [2.75, 3.05) is 11.9 Å². The smallest absolute Gasteiger partial charge is 0.360 e. The van der Waals surface area contributed by atoms with Crippen molar-refractivity contribution >= 4 is 23.4 Å².